The van der Waals surface area contributed by atoms with Gasteiger partial charge in [-0.15, -0.1) is 0 Å². The van der Waals surface area contributed by atoms with Crippen LogP contribution in [0.3, 0.4) is 0 Å². The molecule has 0 bridgehead atoms. The maximum atomic E-state index is 12.6. The van der Waals surface area contributed by atoms with Crippen LogP contribution in [0, 0.1) is 0 Å². The van der Waals surface area contributed by atoms with Crippen molar-refractivity contribution in [2.24, 2.45) is 0 Å². The van der Waals surface area contributed by atoms with Gasteiger partial charge in [-0.1, -0.05) is 78.9 Å². The molecule has 0 fully saturated rings. The van der Waals surface area contributed by atoms with Gasteiger partial charge >= 0.3 is 5.97 Å². The zero-order valence-electron chi connectivity index (χ0n) is 18.2. The topological polar surface area (TPSA) is 60.4 Å². The van der Waals surface area contributed by atoms with E-state index in [0.717, 1.165) is 5.56 Å². The van der Waals surface area contributed by atoms with Gasteiger partial charge in [-0.3, -0.25) is 0 Å². The number of hydrogen-bond donors (Lipinski definition) is 0. The summed E-state index contributed by atoms with van der Waals surface area (Å²) in [6.45, 7) is 0. The Morgan fingerprint density at radius 3 is 2.10 bits per heavy atom. The first-order valence-corrected chi connectivity index (χ1v) is 11.8. The van der Waals surface area contributed by atoms with E-state index in [1.54, 1.807) is 66.7 Å². The van der Waals surface area contributed by atoms with Crippen LogP contribution in [-0.2, 0) is 21.0 Å². The Kier molecular flexibility index (Phi) is 7.66. The molecule has 5 heteroatoms. The molecule has 0 aromatic heterocycles. The van der Waals surface area contributed by atoms with Gasteiger partial charge in [0.2, 0.25) is 0 Å². The average Bonchev–Trinajstić information content (AvgIpc) is 2.82. The minimum absolute atomic E-state index is 0.0860. The highest BCUT2D eigenvalue weighted by Gasteiger charge is 2.16. The number of carbonyl (C=O) groups is 1. The van der Waals surface area contributed by atoms with Crippen molar-refractivity contribution in [1.29, 1.82) is 0 Å². The Labute approximate surface area is 185 Å². The second kappa shape index (κ2) is 11.3. The number of esters is 1. The third kappa shape index (κ3) is 7.23. The van der Waals surface area contributed by atoms with Gasteiger partial charge in [0.05, 0.1) is 17.6 Å². The van der Waals surface area contributed by atoms with Crippen LogP contribution in [0.15, 0.2) is 108 Å². The van der Waals surface area contributed by atoms with E-state index in [1.165, 1.54) is 6.08 Å². The quantitative estimate of drug-likeness (QED) is 0.322. The molecule has 4 nitrogen and oxygen atoms in total. The molecule has 0 spiro atoms. The molecule has 0 aliphatic heterocycles. The predicted octanol–water partition coefficient (Wildman–Crippen LogP) is 5.27. The van der Waals surface area contributed by atoms with Crippen molar-refractivity contribution in [3.63, 3.8) is 0 Å². The Hall–Kier alpha value is -3.18. The normalized spacial score (nSPS) is 14.0. The van der Waals surface area contributed by atoms with Crippen LogP contribution < -0.4 is 0 Å². The SMILES string of the molecule is [2H]C(C/C=C/CS(=O)(=O)c1ccccc1)(CCc1ccccc1)OC(=O)c1ccccc1. The van der Waals surface area contributed by atoms with Crippen molar-refractivity contribution in [3.05, 3.63) is 114 Å². The molecule has 3 aromatic rings. The highest BCUT2D eigenvalue weighted by Crippen LogP contribution is 2.15. The number of hydrogen-bond acceptors (Lipinski definition) is 4. The second-order valence-corrected chi connectivity index (χ2v) is 9.08. The predicted molar refractivity (Wildman–Crippen MR) is 123 cm³/mol. The summed E-state index contributed by atoms with van der Waals surface area (Å²) in [4.78, 5) is 12.8. The monoisotopic (exact) mass is 435 g/mol. The molecule has 0 amide bonds. The fourth-order valence-corrected chi connectivity index (χ4v) is 4.17. The van der Waals surface area contributed by atoms with Gasteiger partial charge in [0.1, 0.15) is 6.08 Å². The summed E-state index contributed by atoms with van der Waals surface area (Å²) in [5.41, 5.74) is 1.41. The molecule has 1 atom stereocenters. The lowest BCUT2D eigenvalue weighted by atomic mass is 10.0. The van der Waals surface area contributed by atoms with Crippen LogP contribution >= 0.6 is 0 Å². The molecule has 0 saturated heterocycles. The number of rotatable bonds is 10. The number of aryl methyl sites for hydroxylation is 1. The molecule has 0 aliphatic carbocycles. The summed E-state index contributed by atoms with van der Waals surface area (Å²) in [6.07, 6.45) is 2.54. The third-order valence-corrected chi connectivity index (χ3v) is 6.33. The molecule has 0 radical (unpaired) electrons. The van der Waals surface area contributed by atoms with Gasteiger partial charge in [0.15, 0.2) is 9.84 Å². The number of benzene rings is 3. The molecule has 0 N–H and O–H groups in total. The molecular weight excluding hydrogens is 408 g/mol. The van der Waals surface area contributed by atoms with E-state index in [4.69, 9.17) is 6.11 Å². The first-order chi connectivity index (χ1) is 15.4. The van der Waals surface area contributed by atoms with E-state index in [9.17, 15) is 13.2 Å². The summed E-state index contributed by atoms with van der Waals surface area (Å²) in [5, 5.41) is 0. The van der Waals surface area contributed by atoms with Gasteiger partial charge in [-0.05, 0) is 42.7 Å². The number of ether oxygens (including phenoxy) is 1. The van der Waals surface area contributed by atoms with Crippen molar-refractivity contribution in [2.45, 2.75) is 30.2 Å². The van der Waals surface area contributed by atoms with E-state index in [2.05, 4.69) is 0 Å². The van der Waals surface area contributed by atoms with Gasteiger partial charge < -0.3 is 4.74 Å². The van der Waals surface area contributed by atoms with Gasteiger partial charge in [0, 0.05) is 6.42 Å². The molecular formula is C26H26O4S. The summed E-state index contributed by atoms with van der Waals surface area (Å²) in [5.74, 6) is -0.753. The van der Waals surface area contributed by atoms with Crippen molar-refractivity contribution >= 4 is 15.8 Å². The summed E-state index contributed by atoms with van der Waals surface area (Å²) in [6, 6.07) is 26.5. The average molecular weight is 436 g/mol. The summed E-state index contributed by atoms with van der Waals surface area (Å²) >= 11 is 0. The van der Waals surface area contributed by atoms with Crippen LogP contribution in [0.25, 0.3) is 0 Å². The van der Waals surface area contributed by atoms with Crippen molar-refractivity contribution < 1.29 is 19.3 Å². The van der Waals surface area contributed by atoms with Gasteiger partial charge in [-0.25, -0.2) is 13.2 Å². The minimum atomic E-state index is -3.46. The lowest BCUT2D eigenvalue weighted by Gasteiger charge is -2.17. The molecule has 3 rings (SSSR count). The Bertz CT molecular complexity index is 1130. The zero-order valence-corrected chi connectivity index (χ0v) is 18.0. The molecule has 31 heavy (non-hydrogen) atoms. The van der Waals surface area contributed by atoms with E-state index in [-0.39, 0.29) is 23.5 Å². The first-order valence-electron chi connectivity index (χ1n) is 10.6. The number of carbonyl (C=O) groups excluding carboxylic acids is 1. The van der Waals surface area contributed by atoms with Crippen LogP contribution in [0.1, 0.15) is 30.1 Å². The Morgan fingerprint density at radius 1 is 0.871 bits per heavy atom. The third-order valence-electron chi connectivity index (χ3n) is 4.71. The van der Waals surface area contributed by atoms with Crippen molar-refractivity contribution in [3.8, 4) is 0 Å². The highest BCUT2D eigenvalue weighted by molar-refractivity contribution is 7.91. The van der Waals surface area contributed by atoms with Crippen LogP contribution in [0.2, 0.25) is 0 Å². The molecule has 0 aliphatic rings. The Morgan fingerprint density at radius 2 is 1.45 bits per heavy atom. The second-order valence-electron chi connectivity index (χ2n) is 7.05. The van der Waals surface area contributed by atoms with E-state index >= 15 is 0 Å². The van der Waals surface area contributed by atoms with E-state index in [1.807, 2.05) is 30.3 Å². The standard InChI is InChI=1S/C26H26O4S/c27-26(23-14-6-2-7-15-23)30-24(20-19-22-12-4-1-5-13-22)16-10-11-21-31(28,29)25-17-8-3-9-18-25/h1-15,17-18,24H,16,19-21H2/b11-10+/i24D. The van der Waals surface area contributed by atoms with Crippen molar-refractivity contribution in [1.82, 2.24) is 0 Å². The van der Waals surface area contributed by atoms with Gasteiger partial charge in [-0.2, -0.15) is 0 Å². The zero-order chi connectivity index (χ0) is 22.9. The molecule has 0 heterocycles. The fourth-order valence-electron chi connectivity index (χ4n) is 3.02. The minimum Gasteiger partial charge on any atom is -0.458 e. The smallest absolute Gasteiger partial charge is 0.338 e. The van der Waals surface area contributed by atoms with Crippen LogP contribution in [0.4, 0.5) is 0 Å². The van der Waals surface area contributed by atoms with Gasteiger partial charge in [0.25, 0.3) is 0 Å². The molecule has 160 valence electrons. The van der Waals surface area contributed by atoms with E-state index < -0.39 is 21.9 Å². The lowest BCUT2D eigenvalue weighted by Crippen LogP contribution is -2.19. The molecule has 3 aromatic carbocycles. The summed E-state index contributed by atoms with van der Waals surface area (Å²) in [7, 11) is -3.46. The largest absolute Gasteiger partial charge is 0.458 e. The first kappa shape index (κ1) is 21.1. The Balaban J connectivity index is 1.69. The summed E-state index contributed by atoms with van der Waals surface area (Å²) < 4.78 is 39.3. The maximum absolute atomic E-state index is 12.6. The number of sulfone groups is 1. The fraction of sp³-hybridized carbons (Fsp3) is 0.192. The highest BCUT2D eigenvalue weighted by atomic mass is 32.2. The lowest BCUT2D eigenvalue weighted by molar-refractivity contribution is 0.0289. The molecule has 0 saturated carbocycles. The van der Waals surface area contributed by atoms with Crippen molar-refractivity contribution in [2.75, 3.05) is 5.75 Å². The van der Waals surface area contributed by atoms with E-state index in [0.29, 0.717) is 12.0 Å². The molecule has 1 unspecified atom stereocenters. The van der Waals surface area contributed by atoms with Crippen LogP contribution in [0.5, 0.6) is 0 Å². The van der Waals surface area contributed by atoms with Crippen LogP contribution in [-0.4, -0.2) is 26.2 Å². The maximum Gasteiger partial charge on any atom is 0.338 e.